The number of ether oxygens (including phenoxy) is 1. The van der Waals surface area contributed by atoms with Gasteiger partial charge in [0, 0.05) is 6.54 Å². The second-order valence-corrected chi connectivity index (χ2v) is 4.34. The molecule has 5 nitrogen and oxygen atoms in total. The minimum absolute atomic E-state index is 0.241. The molecule has 0 aliphatic heterocycles. The number of aryl methyl sites for hydroxylation is 1. The maximum Gasteiger partial charge on any atom is 0.339 e. The summed E-state index contributed by atoms with van der Waals surface area (Å²) in [6, 6.07) is 10.4. The van der Waals surface area contributed by atoms with Crippen molar-refractivity contribution in [3.63, 3.8) is 0 Å². The molecular formula is C15H16N2O3. The highest BCUT2D eigenvalue weighted by molar-refractivity contribution is 5.90. The average Bonchev–Trinajstić information content (AvgIpc) is 2.46. The standard InChI is InChI=1S/C15H16N2O3/c1-10-13(15(19)20-2)7-8-14(17-10)16-9-11-3-5-12(18)6-4-11/h3-8,18H,9H2,1-2H3,(H,16,17). The number of nitrogens with zero attached hydrogens (tertiary/aromatic N) is 1. The molecule has 1 heterocycles. The zero-order valence-corrected chi connectivity index (χ0v) is 11.4. The molecule has 0 atom stereocenters. The SMILES string of the molecule is COC(=O)c1ccc(NCc2ccc(O)cc2)nc1C. The van der Waals surface area contributed by atoms with E-state index >= 15 is 0 Å². The van der Waals surface area contributed by atoms with Crippen molar-refractivity contribution in [2.45, 2.75) is 13.5 Å². The lowest BCUT2D eigenvalue weighted by Gasteiger charge is -2.08. The predicted octanol–water partition coefficient (Wildman–Crippen LogP) is 2.49. The number of hydrogen-bond acceptors (Lipinski definition) is 5. The van der Waals surface area contributed by atoms with Crippen LogP contribution in [0.3, 0.4) is 0 Å². The molecule has 0 radical (unpaired) electrons. The summed E-state index contributed by atoms with van der Waals surface area (Å²) in [5.74, 6) is 0.536. The maximum atomic E-state index is 11.5. The van der Waals surface area contributed by atoms with Crippen LogP contribution >= 0.6 is 0 Å². The third-order valence-corrected chi connectivity index (χ3v) is 2.90. The monoisotopic (exact) mass is 272 g/mol. The van der Waals surface area contributed by atoms with Crippen LogP contribution in [0, 0.1) is 6.92 Å². The molecule has 1 aromatic carbocycles. The molecule has 0 amide bonds. The molecule has 0 aliphatic carbocycles. The van der Waals surface area contributed by atoms with Crippen LogP contribution < -0.4 is 5.32 Å². The molecule has 104 valence electrons. The van der Waals surface area contributed by atoms with E-state index in [2.05, 4.69) is 15.0 Å². The van der Waals surface area contributed by atoms with Gasteiger partial charge in [0.1, 0.15) is 11.6 Å². The van der Waals surface area contributed by atoms with E-state index in [0.29, 0.717) is 23.6 Å². The third-order valence-electron chi connectivity index (χ3n) is 2.90. The Bertz CT molecular complexity index is 609. The molecule has 20 heavy (non-hydrogen) atoms. The second kappa shape index (κ2) is 6.06. The number of phenolic OH excluding ortho intramolecular Hbond substituents is 1. The van der Waals surface area contributed by atoms with Crippen LogP contribution in [-0.2, 0) is 11.3 Å². The number of aromatic hydroxyl groups is 1. The number of rotatable bonds is 4. The highest BCUT2D eigenvalue weighted by Crippen LogP contribution is 2.14. The first-order valence-electron chi connectivity index (χ1n) is 6.18. The van der Waals surface area contributed by atoms with Gasteiger partial charge in [-0.3, -0.25) is 0 Å². The normalized spacial score (nSPS) is 10.1. The summed E-state index contributed by atoms with van der Waals surface area (Å²) in [7, 11) is 1.35. The molecule has 2 rings (SSSR count). The van der Waals surface area contributed by atoms with Gasteiger partial charge in [-0.2, -0.15) is 0 Å². The Labute approximate surface area is 117 Å². The second-order valence-electron chi connectivity index (χ2n) is 4.34. The van der Waals surface area contributed by atoms with Crippen LogP contribution in [0.25, 0.3) is 0 Å². The lowest BCUT2D eigenvalue weighted by Crippen LogP contribution is -2.07. The molecule has 0 spiro atoms. The quantitative estimate of drug-likeness (QED) is 0.837. The van der Waals surface area contributed by atoms with Crippen LogP contribution in [0.1, 0.15) is 21.6 Å². The summed E-state index contributed by atoms with van der Waals surface area (Å²) >= 11 is 0. The molecule has 0 fully saturated rings. The van der Waals surface area contributed by atoms with Gasteiger partial charge in [0.05, 0.1) is 18.4 Å². The van der Waals surface area contributed by atoms with E-state index in [1.165, 1.54) is 7.11 Å². The van der Waals surface area contributed by atoms with E-state index in [4.69, 9.17) is 0 Å². The molecular weight excluding hydrogens is 256 g/mol. The summed E-state index contributed by atoms with van der Waals surface area (Å²) in [5.41, 5.74) is 2.11. The molecule has 2 aromatic rings. The number of phenols is 1. The zero-order chi connectivity index (χ0) is 14.5. The minimum atomic E-state index is -0.389. The summed E-state index contributed by atoms with van der Waals surface area (Å²) in [6.45, 7) is 2.35. The largest absolute Gasteiger partial charge is 0.508 e. The van der Waals surface area contributed by atoms with E-state index in [9.17, 15) is 9.90 Å². The molecule has 1 aromatic heterocycles. The maximum absolute atomic E-state index is 11.5. The summed E-state index contributed by atoms with van der Waals surface area (Å²) in [5, 5.41) is 12.4. The van der Waals surface area contributed by atoms with E-state index in [1.807, 2.05) is 12.1 Å². The van der Waals surface area contributed by atoms with E-state index in [1.54, 1.807) is 31.2 Å². The van der Waals surface area contributed by atoms with Gasteiger partial charge in [-0.25, -0.2) is 9.78 Å². The third kappa shape index (κ3) is 3.26. The first-order chi connectivity index (χ1) is 9.60. The number of nitrogens with one attached hydrogen (secondary N) is 1. The Hall–Kier alpha value is -2.56. The van der Waals surface area contributed by atoms with Gasteiger partial charge in [-0.1, -0.05) is 12.1 Å². The van der Waals surface area contributed by atoms with E-state index < -0.39 is 0 Å². The summed E-state index contributed by atoms with van der Waals surface area (Å²) in [4.78, 5) is 15.8. The lowest BCUT2D eigenvalue weighted by molar-refractivity contribution is 0.0599. The topological polar surface area (TPSA) is 71.5 Å². The number of carbonyl (C=O) groups excluding carboxylic acids is 1. The fraction of sp³-hybridized carbons (Fsp3) is 0.200. The number of anilines is 1. The summed E-state index contributed by atoms with van der Waals surface area (Å²) < 4.78 is 4.67. The van der Waals surface area contributed by atoms with Gasteiger partial charge in [-0.15, -0.1) is 0 Å². The Morgan fingerprint density at radius 3 is 2.55 bits per heavy atom. The van der Waals surface area contributed by atoms with Crippen LogP contribution in [-0.4, -0.2) is 23.2 Å². The number of methoxy groups -OCH3 is 1. The molecule has 5 heteroatoms. The fourth-order valence-electron chi connectivity index (χ4n) is 1.79. The number of benzene rings is 1. The molecule has 0 bridgehead atoms. The first-order valence-corrected chi connectivity index (χ1v) is 6.18. The molecule has 2 N–H and O–H groups in total. The fourth-order valence-corrected chi connectivity index (χ4v) is 1.79. The van der Waals surface area contributed by atoms with Gasteiger partial charge in [-0.05, 0) is 36.8 Å². The number of esters is 1. The van der Waals surface area contributed by atoms with Crippen molar-refractivity contribution in [3.05, 3.63) is 53.2 Å². The lowest BCUT2D eigenvalue weighted by atomic mass is 10.2. The Morgan fingerprint density at radius 2 is 1.95 bits per heavy atom. The Morgan fingerprint density at radius 1 is 1.25 bits per heavy atom. The van der Waals surface area contributed by atoms with Crippen molar-refractivity contribution in [1.82, 2.24) is 4.98 Å². The van der Waals surface area contributed by atoms with Crippen molar-refractivity contribution in [2.24, 2.45) is 0 Å². The highest BCUT2D eigenvalue weighted by Gasteiger charge is 2.10. The molecule has 0 saturated carbocycles. The van der Waals surface area contributed by atoms with Crippen LogP contribution in [0.15, 0.2) is 36.4 Å². The number of hydrogen-bond donors (Lipinski definition) is 2. The van der Waals surface area contributed by atoms with E-state index in [-0.39, 0.29) is 11.7 Å². The van der Waals surface area contributed by atoms with Gasteiger partial charge in [0.25, 0.3) is 0 Å². The zero-order valence-electron chi connectivity index (χ0n) is 11.4. The van der Waals surface area contributed by atoms with E-state index in [0.717, 1.165) is 5.56 Å². The van der Waals surface area contributed by atoms with Crippen molar-refractivity contribution in [1.29, 1.82) is 0 Å². The smallest absolute Gasteiger partial charge is 0.339 e. The van der Waals surface area contributed by atoms with Crippen molar-refractivity contribution < 1.29 is 14.6 Å². The van der Waals surface area contributed by atoms with Crippen molar-refractivity contribution >= 4 is 11.8 Å². The molecule has 0 aliphatic rings. The molecule has 0 saturated heterocycles. The van der Waals surface area contributed by atoms with Crippen LogP contribution in [0.4, 0.5) is 5.82 Å². The Balaban J connectivity index is 2.05. The van der Waals surface area contributed by atoms with Gasteiger partial charge < -0.3 is 15.2 Å². The van der Waals surface area contributed by atoms with Gasteiger partial charge in [0.2, 0.25) is 0 Å². The first kappa shape index (κ1) is 13.9. The van der Waals surface area contributed by atoms with Crippen molar-refractivity contribution in [3.8, 4) is 5.75 Å². The summed E-state index contributed by atoms with van der Waals surface area (Å²) in [6.07, 6.45) is 0. The number of aromatic nitrogens is 1. The van der Waals surface area contributed by atoms with Gasteiger partial charge >= 0.3 is 5.97 Å². The van der Waals surface area contributed by atoms with Crippen LogP contribution in [0.2, 0.25) is 0 Å². The average molecular weight is 272 g/mol. The number of carbonyl (C=O) groups is 1. The Kier molecular flexibility index (Phi) is 4.20. The van der Waals surface area contributed by atoms with Gasteiger partial charge in [0.15, 0.2) is 0 Å². The number of pyridine rings is 1. The van der Waals surface area contributed by atoms with Crippen LogP contribution in [0.5, 0.6) is 5.75 Å². The minimum Gasteiger partial charge on any atom is -0.508 e. The highest BCUT2D eigenvalue weighted by atomic mass is 16.5. The molecule has 0 unspecified atom stereocenters. The van der Waals surface area contributed by atoms with Crippen molar-refractivity contribution in [2.75, 3.05) is 12.4 Å². The predicted molar refractivity (Wildman–Crippen MR) is 75.7 cm³/mol.